The number of carbonyl (C=O) groups excluding carboxylic acids is 1. The second-order valence-corrected chi connectivity index (χ2v) is 6.60. The topological polar surface area (TPSA) is 62.7 Å². The molecule has 0 saturated carbocycles. The number of carbonyl (C=O) groups is 1. The maximum atomic E-state index is 11.5. The number of thiazole rings is 1. The zero-order chi connectivity index (χ0) is 16.2. The largest absolute Gasteiger partial charge is 0.465 e. The fraction of sp³-hybridized carbons (Fsp3) is 0.412. The van der Waals surface area contributed by atoms with Crippen molar-refractivity contribution in [2.24, 2.45) is 0 Å². The lowest BCUT2D eigenvalue weighted by molar-refractivity contribution is 0.0600. The normalized spacial score (nSPS) is 18.8. The van der Waals surface area contributed by atoms with E-state index in [1.54, 1.807) is 23.5 Å². The molecule has 0 aliphatic carbocycles. The number of β-amino-alcohol motifs (C(OH)–C–C–N with tert-alkyl or cyclic N) is 1. The molecule has 2 aromatic rings. The number of aliphatic hydroxyl groups is 1. The van der Waals surface area contributed by atoms with E-state index in [1.165, 1.54) is 7.11 Å². The lowest BCUT2D eigenvalue weighted by Gasteiger charge is -2.29. The third-order valence-corrected chi connectivity index (χ3v) is 4.91. The zero-order valence-electron chi connectivity index (χ0n) is 13.1. The molecule has 1 aliphatic rings. The van der Waals surface area contributed by atoms with Crippen molar-refractivity contribution in [2.45, 2.75) is 25.5 Å². The summed E-state index contributed by atoms with van der Waals surface area (Å²) >= 11 is 1.60. The predicted octanol–water partition coefficient (Wildman–Crippen LogP) is 2.55. The highest BCUT2D eigenvalue weighted by Crippen LogP contribution is 2.25. The summed E-state index contributed by atoms with van der Waals surface area (Å²) in [6, 6.07) is 7.28. The molecule has 23 heavy (non-hydrogen) atoms. The van der Waals surface area contributed by atoms with Crippen LogP contribution in [0.4, 0.5) is 0 Å². The van der Waals surface area contributed by atoms with Crippen LogP contribution in [0, 0.1) is 0 Å². The van der Waals surface area contributed by atoms with Crippen molar-refractivity contribution in [3.8, 4) is 10.6 Å². The first-order chi connectivity index (χ1) is 11.2. The first-order valence-electron chi connectivity index (χ1n) is 7.69. The van der Waals surface area contributed by atoms with Gasteiger partial charge in [0.2, 0.25) is 0 Å². The van der Waals surface area contributed by atoms with E-state index in [4.69, 9.17) is 4.74 Å². The van der Waals surface area contributed by atoms with Gasteiger partial charge in [0.25, 0.3) is 0 Å². The van der Waals surface area contributed by atoms with Gasteiger partial charge in [0.1, 0.15) is 5.01 Å². The summed E-state index contributed by atoms with van der Waals surface area (Å²) in [7, 11) is 1.38. The first kappa shape index (κ1) is 16.1. The molecule has 122 valence electrons. The molecule has 1 aromatic carbocycles. The number of methoxy groups -OCH3 is 1. The number of hydrogen-bond acceptors (Lipinski definition) is 6. The van der Waals surface area contributed by atoms with Gasteiger partial charge in [-0.3, -0.25) is 4.90 Å². The molecule has 1 N–H and O–H groups in total. The summed E-state index contributed by atoms with van der Waals surface area (Å²) in [5.74, 6) is -0.333. The molecule has 0 spiro atoms. The van der Waals surface area contributed by atoms with Gasteiger partial charge in [0.05, 0.1) is 24.5 Å². The molecule has 6 heteroatoms. The Labute approximate surface area is 139 Å². The SMILES string of the molecule is COC(=O)c1ccc(-c2nc(CN3CCCC(O)C3)cs2)cc1. The highest BCUT2D eigenvalue weighted by atomic mass is 32.1. The van der Waals surface area contributed by atoms with Gasteiger partial charge in [-0.1, -0.05) is 12.1 Å². The van der Waals surface area contributed by atoms with Gasteiger partial charge in [-0.2, -0.15) is 0 Å². The van der Waals surface area contributed by atoms with E-state index >= 15 is 0 Å². The number of benzene rings is 1. The average molecular weight is 332 g/mol. The highest BCUT2D eigenvalue weighted by Gasteiger charge is 2.18. The smallest absolute Gasteiger partial charge is 0.337 e. The van der Waals surface area contributed by atoms with Crippen molar-refractivity contribution < 1.29 is 14.6 Å². The molecule has 0 bridgehead atoms. The lowest BCUT2D eigenvalue weighted by atomic mass is 10.1. The van der Waals surface area contributed by atoms with E-state index in [0.717, 1.165) is 48.7 Å². The van der Waals surface area contributed by atoms with Crippen LogP contribution in [0.1, 0.15) is 28.9 Å². The van der Waals surface area contributed by atoms with E-state index < -0.39 is 0 Å². The molecule has 1 aromatic heterocycles. The Bertz CT molecular complexity index is 669. The van der Waals surface area contributed by atoms with Crippen LogP contribution in [0.3, 0.4) is 0 Å². The Morgan fingerprint density at radius 1 is 1.43 bits per heavy atom. The van der Waals surface area contributed by atoms with Crippen LogP contribution < -0.4 is 0 Å². The van der Waals surface area contributed by atoms with E-state index in [9.17, 15) is 9.90 Å². The van der Waals surface area contributed by atoms with Gasteiger partial charge in [-0.25, -0.2) is 9.78 Å². The van der Waals surface area contributed by atoms with Crippen LogP contribution in [0.25, 0.3) is 10.6 Å². The number of esters is 1. The van der Waals surface area contributed by atoms with Crippen molar-refractivity contribution in [3.63, 3.8) is 0 Å². The second-order valence-electron chi connectivity index (χ2n) is 5.74. The van der Waals surface area contributed by atoms with Crippen LogP contribution in [-0.4, -0.2) is 47.3 Å². The number of piperidine rings is 1. The first-order valence-corrected chi connectivity index (χ1v) is 8.57. The average Bonchev–Trinajstić information content (AvgIpc) is 3.03. The highest BCUT2D eigenvalue weighted by molar-refractivity contribution is 7.13. The van der Waals surface area contributed by atoms with E-state index in [2.05, 4.69) is 15.3 Å². The lowest BCUT2D eigenvalue weighted by Crippen LogP contribution is -2.37. The van der Waals surface area contributed by atoms with E-state index in [1.807, 2.05) is 12.1 Å². The number of aromatic nitrogens is 1. The Morgan fingerprint density at radius 3 is 2.91 bits per heavy atom. The van der Waals surface area contributed by atoms with Crippen molar-refractivity contribution in [1.82, 2.24) is 9.88 Å². The molecular weight excluding hydrogens is 312 g/mol. The monoisotopic (exact) mass is 332 g/mol. The number of ether oxygens (including phenoxy) is 1. The van der Waals surface area contributed by atoms with E-state index in [-0.39, 0.29) is 12.1 Å². The van der Waals surface area contributed by atoms with Crippen LogP contribution in [0.5, 0.6) is 0 Å². The number of nitrogens with zero attached hydrogens (tertiary/aromatic N) is 2. The van der Waals surface area contributed by atoms with Crippen LogP contribution in [0.2, 0.25) is 0 Å². The molecule has 0 radical (unpaired) electrons. The maximum Gasteiger partial charge on any atom is 0.337 e. The van der Waals surface area contributed by atoms with Gasteiger partial charge in [0, 0.05) is 24.0 Å². The Kier molecular flexibility index (Phi) is 5.05. The number of likely N-dealkylation sites (tertiary alicyclic amines) is 1. The van der Waals surface area contributed by atoms with Crippen LogP contribution >= 0.6 is 11.3 Å². The third kappa shape index (κ3) is 3.96. The molecular formula is C17H20N2O3S. The Balaban J connectivity index is 1.67. The van der Waals surface area contributed by atoms with Crippen LogP contribution in [0.15, 0.2) is 29.6 Å². The van der Waals surface area contributed by atoms with Crippen molar-refractivity contribution >= 4 is 17.3 Å². The number of rotatable bonds is 4. The minimum absolute atomic E-state index is 0.215. The summed E-state index contributed by atoms with van der Waals surface area (Å²) in [6.45, 7) is 2.51. The molecule has 1 aliphatic heterocycles. The fourth-order valence-corrected chi connectivity index (χ4v) is 3.60. The summed E-state index contributed by atoms with van der Waals surface area (Å²) in [5, 5.41) is 12.7. The van der Waals surface area contributed by atoms with Gasteiger partial charge in [-0.15, -0.1) is 11.3 Å². The summed E-state index contributed by atoms with van der Waals surface area (Å²) in [6.07, 6.45) is 1.71. The maximum absolute atomic E-state index is 11.5. The number of hydrogen-bond donors (Lipinski definition) is 1. The molecule has 1 unspecified atom stereocenters. The fourth-order valence-electron chi connectivity index (χ4n) is 2.78. The van der Waals surface area contributed by atoms with Gasteiger partial charge in [0.15, 0.2) is 0 Å². The van der Waals surface area contributed by atoms with Gasteiger partial charge < -0.3 is 9.84 Å². The van der Waals surface area contributed by atoms with Crippen molar-refractivity contribution in [2.75, 3.05) is 20.2 Å². The molecule has 2 heterocycles. The molecule has 3 rings (SSSR count). The van der Waals surface area contributed by atoms with Crippen molar-refractivity contribution in [1.29, 1.82) is 0 Å². The van der Waals surface area contributed by atoms with E-state index in [0.29, 0.717) is 5.56 Å². The molecule has 1 atom stereocenters. The van der Waals surface area contributed by atoms with Crippen LogP contribution in [-0.2, 0) is 11.3 Å². The molecule has 1 saturated heterocycles. The van der Waals surface area contributed by atoms with Gasteiger partial charge in [-0.05, 0) is 31.5 Å². The number of aliphatic hydroxyl groups excluding tert-OH is 1. The minimum Gasteiger partial charge on any atom is -0.465 e. The summed E-state index contributed by atoms with van der Waals surface area (Å²) in [5.41, 5.74) is 2.55. The quantitative estimate of drug-likeness (QED) is 0.872. The predicted molar refractivity (Wildman–Crippen MR) is 89.4 cm³/mol. The zero-order valence-corrected chi connectivity index (χ0v) is 13.9. The third-order valence-electron chi connectivity index (χ3n) is 3.97. The van der Waals surface area contributed by atoms with Gasteiger partial charge >= 0.3 is 5.97 Å². The Hall–Kier alpha value is -1.76. The summed E-state index contributed by atoms with van der Waals surface area (Å²) in [4.78, 5) is 18.4. The second kappa shape index (κ2) is 7.21. The molecule has 5 nitrogen and oxygen atoms in total. The standard InChI is InChI=1S/C17H20N2O3S/c1-22-17(21)13-6-4-12(5-7-13)16-18-14(11-23-16)9-19-8-2-3-15(20)10-19/h4-7,11,15,20H,2-3,8-10H2,1H3. The molecule has 0 amide bonds. The Morgan fingerprint density at radius 2 is 2.22 bits per heavy atom. The minimum atomic E-state index is -0.333. The molecule has 1 fully saturated rings. The summed E-state index contributed by atoms with van der Waals surface area (Å²) < 4.78 is 4.70. The van der Waals surface area contributed by atoms with Crippen molar-refractivity contribution in [3.05, 3.63) is 40.9 Å².